The van der Waals surface area contributed by atoms with Gasteiger partial charge in [0.25, 0.3) is 0 Å². The third kappa shape index (κ3) is 3.57. The summed E-state index contributed by atoms with van der Waals surface area (Å²) >= 11 is 1.67. The van der Waals surface area contributed by atoms with E-state index in [-0.39, 0.29) is 0 Å². The molecule has 1 heterocycles. The van der Waals surface area contributed by atoms with Crippen LogP contribution in [0, 0.1) is 6.92 Å². The molecule has 1 aromatic heterocycles. The number of benzene rings is 1. The van der Waals surface area contributed by atoms with Crippen molar-refractivity contribution in [2.75, 3.05) is 14.2 Å². The lowest BCUT2D eigenvalue weighted by Crippen LogP contribution is -2.12. The summed E-state index contributed by atoms with van der Waals surface area (Å²) in [7, 11) is 5.65. The van der Waals surface area contributed by atoms with Crippen LogP contribution in [0.15, 0.2) is 23.4 Å². The Balaban J connectivity index is 2.19. The summed E-state index contributed by atoms with van der Waals surface area (Å²) in [4.78, 5) is 0. The number of rotatable bonds is 6. The average Bonchev–Trinajstić information content (AvgIpc) is 2.83. The molecule has 0 saturated carbocycles. The van der Waals surface area contributed by atoms with Crippen molar-refractivity contribution in [3.8, 4) is 5.75 Å². The maximum atomic E-state index is 5.46. The molecular formula is C15H22N4OS. The molecule has 0 fully saturated rings. The highest BCUT2D eigenvalue weighted by atomic mass is 32.2. The zero-order valence-corrected chi connectivity index (χ0v) is 14.0. The number of nitrogens with zero attached hydrogens (tertiary/aromatic N) is 3. The highest BCUT2D eigenvalue weighted by molar-refractivity contribution is 7.98. The summed E-state index contributed by atoms with van der Waals surface area (Å²) in [5.74, 6) is 2.63. The van der Waals surface area contributed by atoms with E-state index in [0.29, 0.717) is 6.04 Å². The Morgan fingerprint density at radius 1 is 1.38 bits per heavy atom. The zero-order valence-electron chi connectivity index (χ0n) is 13.2. The molecule has 0 aliphatic carbocycles. The quantitative estimate of drug-likeness (QED) is 0.832. The van der Waals surface area contributed by atoms with Gasteiger partial charge in [0.1, 0.15) is 11.6 Å². The molecule has 0 aliphatic heterocycles. The minimum Gasteiger partial charge on any atom is -0.496 e. The van der Waals surface area contributed by atoms with E-state index in [9.17, 15) is 0 Å². The molecule has 0 saturated heterocycles. The van der Waals surface area contributed by atoms with Crippen molar-refractivity contribution >= 4 is 11.8 Å². The first kappa shape index (κ1) is 15.9. The van der Waals surface area contributed by atoms with Crippen LogP contribution < -0.4 is 10.1 Å². The normalized spacial score (nSPS) is 12.4. The van der Waals surface area contributed by atoms with Crippen molar-refractivity contribution in [3.63, 3.8) is 0 Å². The molecule has 0 radical (unpaired) electrons. The van der Waals surface area contributed by atoms with Gasteiger partial charge in [-0.15, -0.1) is 10.2 Å². The first-order chi connectivity index (χ1) is 10.1. The summed E-state index contributed by atoms with van der Waals surface area (Å²) in [5.41, 5.74) is 2.42. The average molecular weight is 306 g/mol. The molecule has 0 bridgehead atoms. The second-order valence-electron chi connectivity index (χ2n) is 4.96. The number of thioether (sulfide) groups is 1. The van der Waals surface area contributed by atoms with E-state index < -0.39 is 0 Å². The van der Waals surface area contributed by atoms with Crippen LogP contribution in [0.3, 0.4) is 0 Å². The van der Waals surface area contributed by atoms with Crippen LogP contribution in [-0.2, 0) is 12.8 Å². The Morgan fingerprint density at radius 3 is 2.71 bits per heavy atom. The van der Waals surface area contributed by atoms with E-state index in [1.54, 1.807) is 18.9 Å². The molecule has 1 unspecified atom stereocenters. The van der Waals surface area contributed by atoms with Crippen LogP contribution >= 0.6 is 11.8 Å². The molecule has 6 heteroatoms. The molecule has 114 valence electrons. The van der Waals surface area contributed by atoms with Gasteiger partial charge in [0, 0.05) is 24.4 Å². The lowest BCUT2D eigenvalue weighted by molar-refractivity contribution is 0.411. The van der Waals surface area contributed by atoms with Gasteiger partial charge in [0.15, 0.2) is 5.16 Å². The van der Waals surface area contributed by atoms with Crippen molar-refractivity contribution in [1.82, 2.24) is 20.1 Å². The van der Waals surface area contributed by atoms with Crippen molar-refractivity contribution in [1.29, 1.82) is 0 Å². The van der Waals surface area contributed by atoms with Gasteiger partial charge in [-0.3, -0.25) is 0 Å². The second-order valence-corrected chi connectivity index (χ2v) is 5.90. The zero-order chi connectivity index (χ0) is 15.4. The minimum absolute atomic E-state index is 0.316. The number of aromatic nitrogens is 3. The van der Waals surface area contributed by atoms with Crippen LogP contribution in [0.4, 0.5) is 0 Å². The summed E-state index contributed by atoms with van der Waals surface area (Å²) in [5, 5.41) is 12.4. The third-order valence-electron chi connectivity index (χ3n) is 3.65. The maximum Gasteiger partial charge on any atom is 0.191 e. The van der Waals surface area contributed by atoms with E-state index in [0.717, 1.165) is 22.5 Å². The Kier molecular flexibility index (Phi) is 5.25. The molecular weight excluding hydrogens is 284 g/mol. The van der Waals surface area contributed by atoms with E-state index in [2.05, 4.69) is 34.6 Å². The summed E-state index contributed by atoms with van der Waals surface area (Å²) in [6.45, 7) is 4.09. The largest absolute Gasteiger partial charge is 0.496 e. The Morgan fingerprint density at radius 2 is 2.14 bits per heavy atom. The monoisotopic (exact) mass is 306 g/mol. The molecule has 5 nitrogen and oxygen atoms in total. The molecule has 0 spiro atoms. The Bertz CT molecular complexity index is 612. The van der Waals surface area contributed by atoms with Crippen LogP contribution in [0.25, 0.3) is 0 Å². The highest BCUT2D eigenvalue weighted by Gasteiger charge is 2.11. The van der Waals surface area contributed by atoms with E-state index in [1.165, 1.54) is 11.1 Å². The lowest BCUT2D eigenvalue weighted by atomic mass is 10.1. The highest BCUT2D eigenvalue weighted by Crippen LogP contribution is 2.29. The Labute approximate surface area is 130 Å². The summed E-state index contributed by atoms with van der Waals surface area (Å²) in [6.07, 6.45) is 0. The molecule has 2 rings (SSSR count). The fourth-order valence-electron chi connectivity index (χ4n) is 2.00. The predicted octanol–water partition coefficient (Wildman–Crippen LogP) is 2.70. The minimum atomic E-state index is 0.316. The van der Waals surface area contributed by atoms with E-state index >= 15 is 0 Å². The van der Waals surface area contributed by atoms with Gasteiger partial charge >= 0.3 is 0 Å². The van der Waals surface area contributed by atoms with Gasteiger partial charge < -0.3 is 14.6 Å². The van der Waals surface area contributed by atoms with Gasteiger partial charge in [0.05, 0.1) is 7.11 Å². The summed E-state index contributed by atoms with van der Waals surface area (Å²) < 4.78 is 7.46. The molecule has 1 atom stereocenters. The number of methoxy groups -OCH3 is 1. The number of ether oxygens (including phenoxy) is 1. The molecule has 0 amide bonds. The standard InChI is InChI=1S/C15H22N4OS/c1-10(16-3)12-6-7-14(20-5)13(8-12)9-21-15-18-17-11(2)19(15)4/h6-8,10,16H,9H2,1-5H3. The first-order valence-electron chi connectivity index (χ1n) is 6.89. The molecule has 1 N–H and O–H groups in total. The SMILES string of the molecule is CNC(C)c1ccc(OC)c(CSc2nnc(C)n2C)c1. The summed E-state index contributed by atoms with van der Waals surface area (Å²) in [6, 6.07) is 6.63. The van der Waals surface area contributed by atoms with Gasteiger partial charge in [-0.05, 0) is 38.6 Å². The van der Waals surface area contributed by atoms with Gasteiger partial charge in [0.2, 0.25) is 0 Å². The van der Waals surface area contributed by atoms with Crippen molar-refractivity contribution < 1.29 is 4.74 Å². The number of hydrogen-bond acceptors (Lipinski definition) is 5. The predicted molar refractivity (Wildman–Crippen MR) is 85.8 cm³/mol. The molecule has 1 aromatic carbocycles. The number of aryl methyl sites for hydroxylation is 1. The van der Waals surface area contributed by atoms with Crippen molar-refractivity contribution in [3.05, 3.63) is 35.2 Å². The first-order valence-corrected chi connectivity index (χ1v) is 7.88. The Hall–Kier alpha value is -1.53. The maximum absolute atomic E-state index is 5.46. The molecule has 2 aromatic rings. The van der Waals surface area contributed by atoms with Crippen molar-refractivity contribution in [2.45, 2.75) is 30.8 Å². The third-order valence-corrected chi connectivity index (χ3v) is 4.72. The number of nitrogens with one attached hydrogen (secondary N) is 1. The van der Waals surface area contributed by atoms with E-state index in [4.69, 9.17) is 4.74 Å². The van der Waals surface area contributed by atoms with Crippen molar-refractivity contribution in [2.24, 2.45) is 7.05 Å². The van der Waals surface area contributed by atoms with Crippen LogP contribution in [-0.4, -0.2) is 28.9 Å². The fourth-order valence-corrected chi connectivity index (χ4v) is 2.94. The van der Waals surface area contributed by atoms with Gasteiger partial charge in [-0.25, -0.2) is 0 Å². The van der Waals surface area contributed by atoms with Crippen LogP contribution in [0.2, 0.25) is 0 Å². The van der Waals surface area contributed by atoms with Gasteiger partial charge in [-0.1, -0.05) is 17.8 Å². The number of hydrogen-bond donors (Lipinski definition) is 1. The van der Waals surface area contributed by atoms with Crippen LogP contribution in [0.5, 0.6) is 5.75 Å². The smallest absolute Gasteiger partial charge is 0.191 e. The second kappa shape index (κ2) is 6.95. The lowest BCUT2D eigenvalue weighted by Gasteiger charge is -2.14. The van der Waals surface area contributed by atoms with E-state index in [1.807, 2.05) is 31.7 Å². The fraction of sp³-hybridized carbons (Fsp3) is 0.467. The van der Waals surface area contributed by atoms with Gasteiger partial charge in [-0.2, -0.15) is 0 Å². The van der Waals surface area contributed by atoms with Crippen LogP contribution in [0.1, 0.15) is 29.9 Å². The topological polar surface area (TPSA) is 52.0 Å². The molecule has 21 heavy (non-hydrogen) atoms. The molecule has 0 aliphatic rings.